The second kappa shape index (κ2) is 7.61. The molecule has 0 aromatic heterocycles. The molecule has 3 heteroatoms. The summed E-state index contributed by atoms with van der Waals surface area (Å²) in [6.07, 6.45) is 5.65. The van der Waals surface area contributed by atoms with E-state index in [1.165, 1.54) is 65.0 Å². The number of rotatable bonds is 4. The van der Waals surface area contributed by atoms with Crippen molar-refractivity contribution in [1.82, 2.24) is 15.1 Å². The molecule has 1 aromatic rings. The van der Waals surface area contributed by atoms with E-state index in [-0.39, 0.29) is 0 Å². The van der Waals surface area contributed by atoms with Crippen LogP contribution in [-0.4, -0.2) is 55.1 Å². The van der Waals surface area contributed by atoms with Crippen molar-refractivity contribution in [1.29, 1.82) is 0 Å². The number of benzene rings is 1. The van der Waals surface area contributed by atoms with E-state index in [4.69, 9.17) is 0 Å². The first-order chi connectivity index (χ1) is 12.6. The number of nitrogens with zero attached hydrogens (tertiary/aromatic N) is 2. The molecule has 0 amide bonds. The van der Waals surface area contributed by atoms with Gasteiger partial charge in [-0.05, 0) is 67.8 Å². The Balaban J connectivity index is 1.55. The Kier molecular flexibility index (Phi) is 5.41. The quantitative estimate of drug-likeness (QED) is 0.880. The van der Waals surface area contributed by atoms with Crippen molar-refractivity contribution in [3.63, 3.8) is 0 Å². The lowest BCUT2D eigenvalue weighted by atomic mass is 9.60. The molecule has 3 fully saturated rings. The third-order valence-corrected chi connectivity index (χ3v) is 7.40. The monoisotopic (exact) mass is 355 g/mol. The molecule has 2 heterocycles. The van der Waals surface area contributed by atoms with E-state index >= 15 is 0 Å². The van der Waals surface area contributed by atoms with Gasteiger partial charge in [-0.1, -0.05) is 45.0 Å². The molecule has 0 bridgehead atoms. The highest BCUT2D eigenvalue weighted by atomic mass is 15.3. The molecule has 4 rings (SSSR count). The molecule has 3 aliphatic rings. The largest absolute Gasteiger partial charge is 0.317 e. The van der Waals surface area contributed by atoms with Crippen LogP contribution in [0.4, 0.5) is 0 Å². The molecule has 26 heavy (non-hydrogen) atoms. The summed E-state index contributed by atoms with van der Waals surface area (Å²) in [6, 6.07) is 10.6. The number of piperazine rings is 1. The van der Waals surface area contributed by atoms with E-state index in [9.17, 15) is 0 Å². The van der Waals surface area contributed by atoms with Crippen molar-refractivity contribution >= 4 is 0 Å². The Labute approximate surface area is 160 Å². The fraction of sp³-hybridized carbons (Fsp3) is 0.739. The molecule has 1 aromatic carbocycles. The fourth-order valence-electron chi connectivity index (χ4n) is 5.73. The zero-order valence-electron chi connectivity index (χ0n) is 17.0. The van der Waals surface area contributed by atoms with Crippen LogP contribution < -0.4 is 5.32 Å². The molecule has 1 aliphatic carbocycles. The van der Waals surface area contributed by atoms with Gasteiger partial charge in [0.1, 0.15) is 0 Å². The van der Waals surface area contributed by atoms with Gasteiger partial charge in [-0.2, -0.15) is 0 Å². The standard InChI is InChI=1S/C23H37N3/c1-4-25-13-14-26(19-15-23(16-19)9-11-24-12-10-23)22(17-25)21-8-6-5-7-20(21)18(2)3/h5-8,18-19,22,24H,4,9-17H2,1-3H3/t22-/m0/s1. The Bertz CT molecular complexity index is 597. The van der Waals surface area contributed by atoms with Crippen LogP contribution in [0.2, 0.25) is 0 Å². The van der Waals surface area contributed by atoms with Gasteiger partial charge in [0.15, 0.2) is 0 Å². The molecule has 2 saturated heterocycles. The minimum atomic E-state index is 0.575. The van der Waals surface area contributed by atoms with Crippen LogP contribution in [0.5, 0.6) is 0 Å². The van der Waals surface area contributed by atoms with E-state index < -0.39 is 0 Å². The van der Waals surface area contributed by atoms with Gasteiger partial charge in [0.05, 0.1) is 0 Å². The van der Waals surface area contributed by atoms with Crippen LogP contribution in [0.3, 0.4) is 0 Å². The third kappa shape index (κ3) is 3.46. The first-order valence-corrected chi connectivity index (χ1v) is 10.9. The second-order valence-corrected chi connectivity index (χ2v) is 9.24. The summed E-state index contributed by atoms with van der Waals surface area (Å²) >= 11 is 0. The van der Waals surface area contributed by atoms with Crippen LogP contribution >= 0.6 is 0 Å². The Hall–Kier alpha value is -0.900. The summed E-state index contributed by atoms with van der Waals surface area (Å²) in [4.78, 5) is 5.54. The Morgan fingerprint density at radius 2 is 1.85 bits per heavy atom. The van der Waals surface area contributed by atoms with Crippen LogP contribution in [0.25, 0.3) is 0 Å². The molecule has 1 N–H and O–H groups in total. The zero-order chi connectivity index (χ0) is 18.1. The van der Waals surface area contributed by atoms with Crippen LogP contribution in [0.15, 0.2) is 24.3 Å². The van der Waals surface area contributed by atoms with E-state index in [1.54, 1.807) is 11.1 Å². The van der Waals surface area contributed by atoms with Crippen LogP contribution in [0, 0.1) is 5.41 Å². The minimum absolute atomic E-state index is 0.575. The number of hydrogen-bond donors (Lipinski definition) is 1. The molecular weight excluding hydrogens is 318 g/mol. The van der Waals surface area contributed by atoms with Crippen LogP contribution in [0.1, 0.15) is 69.5 Å². The summed E-state index contributed by atoms with van der Waals surface area (Å²) in [5.74, 6) is 0.599. The first-order valence-electron chi connectivity index (χ1n) is 10.9. The van der Waals surface area contributed by atoms with Crippen molar-refractivity contribution in [2.45, 2.75) is 64.5 Å². The van der Waals surface area contributed by atoms with Crippen molar-refractivity contribution in [3.05, 3.63) is 35.4 Å². The van der Waals surface area contributed by atoms with Gasteiger partial charge in [-0.25, -0.2) is 0 Å². The summed E-state index contributed by atoms with van der Waals surface area (Å²) in [7, 11) is 0. The zero-order valence-corrected chi connectivity index (χ0v) is 17.0. The average Bonchev–Trinajstić information content (AvgIpc) is 2.66. The Morgan fingerprint density at radius 3 is 2.54 bits per heavy atom. The van der Waals surface area contributed by atoms with Gasteiger partial charge in [-0.15, -0.1) is 0 Å². The first kappa shape index (κ1) is 18.5. The molecule has 0 radical (unpaired) electrons. The highest BCUT2D eigenvalue weighted by Crippen LogP contribution is 2.51. The Morgan fingerprint density at radius 1 is 1.12 bits per heavy atom. The number of nitrogens with one attached hydrogen (secondary N) is 1. The summed E-state index contributed by atoms with van der Waals surface area (Å²) in [5, 5.41) is 3.55. The molecule has 1 atom stereocenters. The lowest BCUT2D eigenvalue weighted by Crippen LogP contribution is -2.59. The van der Waals surface area contributed by atoms with Crippen LogP contribution in [-0.2, 0) is 0 Å². The highest BCUT2D eigenvalue weighted by molar-refractivity contribution is 5.33. The summed E-state index contributed by atoms with van der Waals surface area (Å²) in [6.45, 7) is 14.3. The maximum Gasteiger partial charge on any atom is 0.0481 e. The maximum atomic E-state index is 3.55. The second-order valence-electron chi connectivity index (χ2n) is 9.24. The number of hydrogen-bond acceptors (Lipinski definition) is 3. The predicted molar refractivity (Wildman–Crippen MR) is 110 cm³/mol. The molecule has 2 aliphatic heterocycles. The van der Waals surface area contributed by atoms with Crippen molar-refractivity contribution in [2.24, 2.45) is 5.41 Å². The van der Waals surface area contributed by atoms with Gasteiger partial charge >= 0.3 is 0 Å². The average molecular weight is 356 g/mol. The predicted octanol–water partition coefficient (Wildman–Crippen LogP) is 4.02. The normalized spacial score (nSPS) is 27.8. The lowest BCUT2D eigenvalue weighted by Gasteiger charge is -2.57. The molecule has 3 nitrogen and oxygen atoms in total. The highest BCUT2D eigenvalue weighted by Gasteiger charge is 2.48. The summed E-state index contributed by atoms with van der Waals surface area (Å²) in [5.41, 5.74) is 3.81. The molecular formula is C23H37N3. The van der Waals surface area contributed by atoms with Crippen molar-refractivity contribution in [3.8, 4) is 0 Å². The van der Waals surface area contributed by atoms with Gasteiger partial charge in [0.25, 0.3) is 0 Å². The van der Waals surface area contributed by atoms with Gasteiger partial charge in [0.2, 0.25) is 0 Å². The van der Waals surface area contributed by atoms with Gasteiger partial charge < -0.3 is 10.2 Å². The molecule has 144 valence electrons. The van der Waals surface area contributed by atoms with Gasteiger partial charge in [0, 0.05) is 31.7 Å². The van der Waals surface area contributed by atoms with E-state index in [2.05, 4.69) is 60.2 Å². The SMILES string of the molecule is CCN1CCN(C2CC3(CCNCC3)C2)[C@H](c2ccccc2C(C)C)C1. The lowest BCUT2D eigenvalue weighted by molar-refractivity contribution is -0.0633. The van der Waals surface area contributed by atoms with E-state index in [0.717, 1.165) is 6.04 Å². The number of piperidine rings is 1. The van der Waals surface area contributed by atoms with Crippen molar-refractivity contribution in [2.75, 3.05) is 39.3 Å². The fourth-order valence-corrected chi connectivity index (χ4v) is 5.73. The molecule has 1 spiro atoms. The minimum Gasteiger partial charge on any atom is -0.317 e. The van der Waals surface area contributed by atoms with E-state index in [1.807, 2.05) is 0 Å². The third-order valence-electron chi connectivity index (χ3n) is 7.40. The van der Waals surface area contributed by atoms with E-state index in [0.29, 0.717) is 17.4 Å². The topological polar surface area (TPSA) is 18.5 Å². The summed E-state index contributed by atoms with van der Waals surface area (Å²) < 4.78 is 0. The number of likely N-dealkylation sites (N-methyl/N-ethyl adjacent to an activating group) is 1. The van der Waals surface area contributed by atoms with Crippen molar-refractivity contribution < 1.29 is 0 Å². The smallest absolute Gasteiger partial charge is 0.0481 e. The molecule has 1 saturated carbocycles. The molecule has 0 unspecified atom stereocenters. The van der Waals surface area contributed by atoms with Gasteiger partial charge in [-0.3, -0.25) is 4.90 Å². The maximum absolute atomic E-state index is 3.55.